The van der Waals surface area contributed by atoms with Gasteiger partial charge in [-0.05, 0) is 36.6 Å². The van der Waals surface area contributed by atoms with Gasteiger partial charge in [0.05, 0.1) is 30.7 Å². The molecule has 4 rings (SSSR count). The SMILES string of the molecule is COc1ccc([C@@H]2CCCCCN2C(=O)Cc2nn(C)c(=O)c3ccccc23)cc1. The number of aromatic nitrogens is 2. The van der Waals surface area contributed by atoms with Crippen molar-refractivity contribution in [3.63, 3.8) is 0 Å². The van der Waals surface area contributed by atoms with E-state index < -0.39 is 0 Å². The van der Waals surface area contributed by atoms with E-state index in [2.05, 4.69) is 17.2 Å². The minimum Gasteiger partial charge on any atom is -0.497 e. The first-order chi connectivity index (χ1) is 14.6. The highest BCUT2D eigenvalue weighted by Crippen LogP contribution is 2.32. The second-order valence-electron chi connectivity index (χ2n) is 7.82. The minimum atomic E-state index is -0.146. The zero-order valence-corrected chi connectivity index (χ0v) is 17.5. The molecule has 0 spiro atoms. The second-order valence-corrected chi connectivity index (χ2v) is 7.82. The molecular formula is C24H27N3O3. The molecule has 30 heavy (non-hydrogen) atoms. The number of hydrogen-bond acceptors (Lipinski definition) is 4. The van der Waals surface area contributed by atoms with Crippen LogP contribution in [0.4, 0.5) is 0 Å². The summed E-state index contributed by atoms with van der Waals surface area (Å²) in [5.41, 5.74) is 1.63. The van der Waals surface area contributed by atoms with Crippen LogP contribution in [0.5, 0.6) is 5.75 Å². The summed E-state index contributed by atoms with van der Waals surface area (Å²) in [5.74, 6) is 0.861. The molecule has 1 amide bonds. The smallest absolute Gasteiger partial charge is 0.274 e. The molecule has 0 saturated carbocycles. The number of ether oxygens (including phenoxy) is 1. The molecule has 1 aliphatic rings. The highest BCUT2D eigenvalue weighted by Gasteiger charge is 2.27. The average molecular weight is 405 g/mol. The van der Waals surface area contributed by atoms with Crippen molar-refractivity contribution < 1.29 is 9.53 Å². The lowest BCUT2D eigenvalue weighted by atomic mass is 10.00. The molecule has 2 aromatic carbocycles. The van der Waals surface area contributed by atoms with Gasteiger partial charge in [0, 0.05) is 19.0 Å². The average Bonchev–Trinajstić information content (AvgIpc) is 3.03. The Labute approximate surface area is 176 Å². The third kappa shape index (κ3) is 3.95. The van der Waals surface area contributed by atoms with Gasteiger partial charge in [0.1, 0.15) is 5.75 Å². The number of hydrogen-bond donors (Lipinski definition) is 0. The molecule has 1 atom stereocenters. The molecule has 2 heterocycles. The van der Waals surface area contributed by atoms with Crippen molar-refractivity contribution in [2.24, 2.45) is 7.05 Å². The molecule has 0 bridgehead atoms. The Morgan fingerprint density at radius 1 is 1.07 bits per heavy atom. The predicted molar refractivity (Wildman–Crippen MR) is 117 cm³/mol. The summed E-state index contributed by atoms with van der Waals surface area (Å²) in [6.45, 7) is 0.735. The Kier molecular flexibility index (Phi) is 5.84. The van der Waals surface area contributed by atoms with Gasteiger partial charge in [0.15, 0.2) is 0 Å². The lowest BCUT2D eigenvalue weighted by Gasteiger charge is -2.31. The largest absolute Gasteiger partial charge is 0.497 e. The maximum Gasteiger partial charge on any atom is 0.274 e. The van der Waals surface area contributed by atoms with E-state index in [1.165, 1.54) is 4.68 Å². The van der Waals surface area contributed by atoms with Crippen LogP contribution in [-0.2, 0) is 18.3 Å². The highest BCUT2D eigenvalue weighted by atomic mass is 16.5. The normalized spacial score (nSPS) is 17.0. The number of nitrogens with zero attached hydrogens (tertiary/aromatic N) is 3. The lowest BCUT2D eigenvalue weighted by molar-refractivity contribution is -0.133. The Bertz CT molecular complexity index is 1100. The summed E-state index contributed by atoms with van der Waals surface area (Å²) >= 11 is 0. The molecule has 1 aliphatic heterocycles. The van der Waals surface area contributed by atoms with Crippen molar-refractivity contribution in [3.8, 4) is 5.75 Å². The first kappa shape index (κ1) is 20.1. The fourth-order valence-electron chi connectivity index (χ4n) is 4.33. The third-order valence-electron chi connectivity index (χ3n) is 5.93. The van der Waals surface area contributed by atoms with Crippen LogP contribution in [0.3, 0.4) is 0 Å². The zero-order valence-electron chi connectivity index (χ0n) is 17.5. The number of benzene rings is 2. The molecule has 1 saturated heterocycles. The van der Waals surface area contributed by atoms with E-state index in [0.717, 1.165) is 48.9 Å². The summed E-state index contributed by atoms with van der Waals surface area (Å²) in [6.07, 6.45) is 4.35. The topological polar surface area (TPSA) is 64.4 Å². The van der Waals surface area contributed by atoms with E-state index in [1.54, 1.807) is 20.2 Å². The van der Waals surface area contributed by atoms with Crippen LogP contribution in [0.25, 0.3) is 10.8 Å². The summed E-state index contributed by atoms with van der Waals surface area (Å²) in [6, 6.07) is 15.4. The quantitative estimate of drug-likeness (QED) is 0.665. The van der Waals surface area contributed by atoms with Crippen molar-refractivity contribution in [2.45, 2.75) is 38.1 Å². The minimum absolute atomic E-state index is 0.0460. The number of aryl methyl sites for hydroxylation is 1. The van der Waals surface area contributed by atoms with E-state index >= 15 is 0 Å². The van der Waals surface area contributed by atoms with Gasteiger partial charge in [-0.3, -0.25) is 9.59 Å². The van der Waals surface area contributed by atoms with Crippen molar-refractivity contribution in [1.29, 1.82) is 0 Å². The number of carbonyl (C=O) groups is 1. The van der Waals surface area contributed by atoms with Crippen LogP contribution in [0.15, 0.2) is 53.3 Å². The van der Waals surface area contributed by atoms with Crippen LogP contribution in [0.1, 0.15) is 43.0 Å². The number of fused-ring (bicyclic) bond motifs is 1. The number of methoxy groups -OCH3 is 1. The maximum atomic E-state index is 13.4. The maximum absolute atomic E-state index is 13.4. The van der Waals surface area contributed by atoms with Crippen LogP contribution in [-0.4, -0.2) is 34.2 Å². The van der Waals surface area contributed by atoms with Gasteiger partial charge in [-0.25, -0.2) is 4.68 Å². The molecule has 3 aromatic rings. The van der Waals surface area contributed by atoms with E-state index in [0.29, 0.717) is 11.1 Å². The first-order valence-electron chi connectivity index (χ1n) is 10.5. The molecule has 1 aromatic heterocycles. The standard InChI is InChI=1S/C24H27N3O3/c1-26-24(29)20-9-6-5-8-19(20)21(25-26)16-23(28)27-15-7-3-4-10-22(27)17-11-13-18(30-2)14-12-17/h5-6,8-9,11-14,22H,3-4,7,10,15-16H2,1-2H3/t22-/m0/s1. The fraction of sp³-hybridized carbons (Fsp3) is 0.375. The van der Waals surface area contributed by atoms with Gasteiger partial charge < -0.3 is 9.64 Å². The Hall–Kier alpha value is -3.15. The number of rotatable bonds is 4. The zero-order chi connectivity index (χ0) is 21.1. The number of likely N-dealkylation sites (tertiary alicyclic amines) is 1. The highest BCUT2D eigenvalue weighted by molar-refractivity contribution is 5.88. The summed E-state index contributed by atoms with van der Waals surface area (Å²) in [4.78, 5) is 27.8. The van der Waals surface area contributed by atoms with Crippen LogP contribution in [0, 0.1) is 0 Å². The molecular weight excluding hydrogens is 378 g/mol. The molecule has 6 nitrogen and oxygen atoms in total. The van der Waals surface area contributed by atoms with Gasteiger partial charge in [-0.2, -0.15) is 5.10 Å². The number of carbonyl (C=O) groups excluding carboxylic acids is 1. The Balaban J connectivity index is 1.66. The van der Waals surface area contributed by atoms with E-state index in [-0.39, 0.29) is 23.9 Å². The van der Waals surface area contributed by atoms with Gasteiger partial charge in [-0.1, -0.05) is 43.2 Å². The monoisotopic (exact) mass is 405 g/mol. The van der Waals surface area contributed by atoms with Crippen LogP contribution in [0.2, 0.25) is 0 Å². The van der Waals surface area contributed by atoms with Crippen LogP contribution >= 0.6 is 0 Å². The molecule has 0 N–H and O–H groups in total. The lowest BCUT2D eigenvalue weighted by Crippen LogP contribution is -2.36. The third-order valence-corrected chi connectivity index (χ3v) is 5.93. The van der Waals surface area contributed by atoms with E-state index in [4.69, 9.17) is 4.74 Å². The first-order valence-corrected chi connectivity index (χ1v) is 10.5. The second kappa shape index (κ2) is 8.69. The predicted octanol–water partition coefficient (Wildman–Crippen LogP) is 3.63. The Morgan fingerprint density at radius 2 is 1.80 bits per heavy atom. The van der Waals surface area contributed by atoms with E-state index in [1.807, 2.05) is 35.2 Å². The number of amides is 1. The Morgan fingerprint density at radius 3 is 2.53 bits per heavy atom. The fourth-order valence-corrected chi connectivity index (χ4v) is 4.33. The van der Waals surface area contributed by atoms with Gasteiger partial charge >= 0.3 is 0 Å². The molecule has 1 fully saturated rings. The van der Waals surface area contributed by atoms with Crippen molar-refractivity contribution >= 4 is 16.7 Å². The van der Waals surface area contributed by atoms with Crippen molar-refractivity contribution in [1.82, 2.24) is 14.7 Å². The summed E-state index contributed by atoms with van der Waals surface area (Å²) in [7, 11) is 3.29. The van der Waals surface area contributed by atoms with Gasteiger partial charge in [-0.15, -0.1) is 0 Å². The van der Waals surface area contributed by atoms with Crippen molar-refractivity contribution in [2.75, 3.05) is 13.7 Å². The molecule has 156 valence electrons. The van der Waals surface area contributed by atoms with Crippen LogP contribution < -0.4 is 10.3 Å². The molecule has 0 aliphatic carbocycles. The molecule has 6 heteroatoms. The van der Waals surface area contributed by atoms with Gasteiger partial charge in [0.2, 0.25) is 5.91 Å². The van der Waals surface area contributed by atoms with Crippen molar-refractivity contribution in [3.05, 3.63) is 70.1 Å². The molecule has 0 radical (unpaired) electrons. The molecule has 0 unspecified atom stereocenters. The van der Waals surface area contributed by atoms with E-state index in [9.17, 15) is 9.59 Å². The summed E-state index contributed by atoms with van der Waals surface area (Å²) in [5, 5.41) is 5.77. The summed E-state index contributed by atoms with van der Waals surface area (Å²) < 4.78 is 6.61. The van der Waals surface area contributed by atoms with Gasteiger partial charge in [0.25, 0.3) is 5.56 Å².